The van der Waals surface area contributed by atoms with E-state index >= 15 is 0 Å². The second-order valence-corrected chi connectivity index (χ2v) is 15.9. The predicted molar refractivity (Wildman–Crippen MR) is 203 cm³/mol. The lowest BCUT2D eigenvalue weighted by atomic mass is 10.1. The van der Waals surface area contributed by atoms with E-state index in [2.05, 4.69) is 149 Å². The van der Waals surface area contributed by atoms with E-state index in [0.29, 0.717) is 0 Å². The van der Waals surface area contributed by atoms with E-state index in [1.54, 1.807) is 11.3 Å². The van der Waals surface area contributed by atoms with Gasteiger partial charge in [-0.25, -0.2) is 4.98 Å². The van der Waals surface area contributed by atoms with Gasteiger partial charge in [-0.15, -0.1) is 22.7 Å². The molecule has 0 aliphatic carbocycles. The number of aromatic nitrogens is 2. The molecule has 0 saturated heterocycles. The summed E-state index contributed by atoms with van der Waals surface area (Å²) in [6.07, 6.45) is 1.88. The van der Waals surface area contributed by atoms with Crippen molar-refractivity contribution in [2.24, 2.45) is 0 Å². The average Bonchev–Trinajstić information content (AvgIpc) is 3.78. The maximum atomic E-state index is 4.63. The van der Waals surface area contributed by atoms with Crippen molar-refractivity contribution in [3.63, 3.8) is 0 Å². The number of benzene rings is 6. The quantitative estimate of drug-likeness (QED) is 0.175. The van der Waals surface area contributed by atoms with E-state index in [9.17, 15) is 0 Å². The van der Waals surface area contributed by atoms with E-state index in [0.717, 1.165) is 4.83 Å². The van der Waals surface area contributed by atoms with Gasteiger partial charge in [0.2, 0.25) is 0 Å². The maximum Gasteiger partial charge on any atom is 0.124 e. The molecule has 1 atom stereocenters. The number of hydrogen-bond acceptors (Lipinski definition) is 3. The first-order valence-corrected chi connectivity index (χ1v) is 18.4. The van der Waals surface area contributed by atoms with Gasteiger partial charge in [-0.2, -0.15) is 0 Å². The van der Waals surface area contributed by atoms with E-state index in [4.69, 9.17) is 0 Å². The number of fused-ring (bicyclic) bond motifs is 9. The summed E-state index contributed by atoms with van der Waals surface area (Å²) in [7, 11) is -0.798. The number of para-hydroxylation sites is 1. The molecule has 0 aliphatic rings. The SMILES string of the molecule is c1ccc(P(c2ccc3c(c2)c2ccccc2n3-c2ccc3sc4ncccc4c3c2)c2cccc3c2sc2ccccc23)cc1. The Bertz CT molecular complexity index is 2770. The second kappa shape index (κ2) is 10.3. The zero-order valence-corrected chi connectivity index (χ0v) is 27.1. The molecule has 0 aliphatic heterocycles. The predicted octanol–water partition coefficient (Wildman–Crippen LogP) is 10.7. The van der Waals surface area contributed by atoms with Crippen molar-refractivity contribution in [3.8, 4) is 5.69 Å². The fraction of sp³-hybridized carbons (Fsp3) is 0. The van der Waals surface area contributed by atoms with Crippen molar-refractivity contribution < 1.29 is 0 Å². The molecule has 4 heterocycles. The third kappa shape index (κ3) is 3.94. The molecular weight excluding hydrogens is 616 g/mol. The fourth-order valence-corrected chi connectivity index (χ4v) is 11.9. The van der Waals surface area contributed by atoms with E-state index in [1.165, 1.54) is 79.1 Å². The van der Waals surface area contributed by atoms with Crippen LogP contribution in [0.25, 0.3) is 68.0 Å². The van der Waals surface area contributed by atoms with Crippen LogP contribution in [0.4, 0.5) is 0 Å². The molecular formula is C41H25N2PS2. The van der Waals surface area contributed by atoms with Crippen LogP contribution < -0.4 is 15.9 Å². The monoisotopic (exact) mass is 640 g/mol. The van der Waals surface area contributed by atoms with Crippen LogP contribution in [0.15, 0.2) is 152 Å². The van der Waals surface area contributed by atoms with Crippen LogP contribution in [-0.4, -0.2) is 9.55 Å². The van der Waals surface area contributed by atoms with Gasteiger partial charge in [0.05, 0.1) is 11.0 Å². The largest absolute Gasteiger partial charge is 0.309 e. The van der Waals surface area contributed by atoms with Gasteiger partial charge in [-0.1, -0.05) is 91.0 Å². The maximum absolute atomic E-state index is 4.63. The molecule has 0 fully saturated rings. The normalized spacial score (nSPS) is 12.7. The van der Waals surface area contributed by atoms with Crippen LogP contribution in [-0.2, 0) is 0 Å². The first-order valence-electron chi connectivity index (χ1n) is 15.4. The van der Waals surface area contributed by atoms with Gasteiger partial charge in [0, 0.05) is 63.6 Å². The van der Waals surface area contributed by atoms with Crippen LogP contribution in [0.3, 0.4) is 0 Å². The number of hydrogen-bond donors (Lipinski definition) is 0. The Kier molecular flexibility index (Phi) is 5.92. The fourth-order valence-electron chi connectivity index (χ4n) is 7.03. The summed E-state index contributed by atoms with van der Waals surface area (Å²) >= 11 is 3.68. The molecule has 216 valence electrons. The van der Waals surface area contributed by atoms with E-state index < -0.39 is 7.92 Å². The topological polar surface area (TPSA) is 17.8 Å². The van der Waals surface area contributed by atoms with Crippen molar-refractivity contribution in [1.82, 2.24) is 9.55 Å². The van der Waals surface area contributed by atoms with Gasteiger partial charge in [0.15, 0.2) is 0 Å². The smallest absolute Gasteiger partial charge is 0.124 e. The minimum atomic E-state index is -0.798. The van der Waals surface area contributed by atoms with Crippen LogP contribution in [0.1, 0.15) is 0 Å². The average molecular weight is 641 g/mol. The number of rotatable bonds is 4. The molecule has 0 saturated carbocycles. The molecule has 0 N–H and O–H groups in total. The van der Waals surface area contributed by atoms with Gasteiger partial charge < -0.3 is 4.57 Å². The Morgan fingerprint density at radius 1 is 0.478 bits per heavy atom. The molecule has 46 heavy (non-hydrogen) atoms. The summed E-state index contributed by atoms with van der Waals surface area (Å²) in [6.45, 7) is 0. The van der Waals surface area contributed by atoms with Gasteiger partial charge in [0.1, 0.15) is 4.83 Å². The van der Waals surface area contributed by atoms with E-state index in [1.807, 2.05) is 23.6 Å². The molecule has 1 unspecified atom stereocenters. The Hall–Kier alpha value is -4.86. The third-order valence-corrected chi connectivity index (χ3v) is 14.0. The molecule has 10 aromatic rings. The minimum Gasteiger partial charge on any atom is -0.309 e. The summed E-state index contributed by atoms with van der Waals surface area (Å²) in [6, 6.07) is 53.9. The molecule has 0 amide bonds. The molecule has 5 heteroatoms. The van der Waals surface area contributed by atoms with Crippen molar-refractivity contribution in [2.45, 2.75) is 0 Å². The first kappa shape index (κ1) is 26.4. The Labute approximate surface area is 274 Å². The van der Waals surface area contributed by atoms with Crippen LogP contribution in [0, 0.1) is 0 Å². The molecule has 4 aromatic heterocycles. The summed E-state index contributed by atoms with van der Waals surface area (Å²) in [5, 5.41) is 11.9. The number of thiophene rings is 2. The number of nitrogens with zero attached hydrogens (tertiary/aromatic N) is 2. The molecule has 6 aromatic carbocycles. The van der Waals surface area contributed by atoms with Crippen molar-refractivity contribution in [2.75, 3.05) is 0 Å². The number of pyridine rings is 1. The second-order valence-electron chi connectivity index (χ2n) is 11.6. The highest BCUT2D eigenvalue weighted by atomic mass is 32.1. The Balaban J connectivity index is 1.22. The zero-order chi connectivity index (χ0) is 30.2. The van der Waals surface area contributed by atoms with Gasteiger partial charge in [-0.05, 0) is 73.1 Å². The molecule has 10 rings (SSSR count). The van der Waals surface area contributed by atoms with Crippen molar-refractivity contribution in [3.05, 3.63) is 152 Å². The summed E-state index contributed by atoms with van der Waals surface area (Å²) < 4.78 is 6.44. The summed E-state index contributed by atoms with van der Waals surface area (Å²) in [5.41, 5.74) is 3.63. The van der Waals surface area contributed by atoms with Crippen molar-refractivity contribution in [1.29, 1.82) is 0 Å². The summed E-state index contributed by atoms with van der Waals surface area (Å²) in [4.78, 5) is 5.72. The van der Waals surface area contributed by atoms with Gasteiger partial charge >= 0.3 is 0 Å². The lowest BCUT2D eigenvalue weighted by Gasteiger charge is -2.20. The summed E-state index contributed by atoms with van der Waals surface area (Å²) in [5.74, 6) is 0. The standard InChI is InChI=1S/C41H25N2PS2/c1-2-10-27(11-3-1)44(37-17-8-14-31-30-13-5-7-18-38(30)45-40(31)37)28-20-21-36-33(25-28)29-12-4-6-16-35(29)43(36)26-19-22-39-34(24-26)32-15-9-23-42-41(32)46-39/h1-25H. The van der Waals surface area contributed by atoms with Gasteiger partial charge in [0.25, 0.3) is 0 Å². The van der Waals surface area contributed by atoms with E-state index in [-0.39, 0.29) is 0 Å². The Morgan fingerprint density at radius 2 is 1.24 bits per heavy atom. The van der Waals surface area contributed by atoms with Gasteiger partial charge in [-0.3, -0.25) is 0 Å². The Morgan fingerprint density at radius 3 is 2.17 bits per heavy atom. The van der Waals surface area contributed by atoms with Crippen LogP contribution in [0.2, 0.25) is 0 Å². The lowest BCUT2D eigenvalue weighted by molar-refractivity contribution is 1.19. The third-order valence-electron chi connectivity index (χ3n) is 9.04. The van der Waals surface area contributed by atoms with Crippen molar-refractivity contribution >= 4 is 109 Å². The highest BCUT2D eigenvalue weighted by molar-refractivity contribution is 7.80. The van der Waals surface area contributed by atoms with Crippen LogP contribution in [0.5, 0.6) is 0 Å². The first-order chi connectivity index (χ1) is 22.8. The molecule has 0 spiro atoms. The molecule has 2 nitrogen and oxygen atoms in total. The highest BCUT2D eigenvalue weighted by Crippen LogP contribution is 2.43. The highest BCUT2D eigenvalue weighted by Gasteiger charge is 2.23. The molecule has 0 radical (unpaired) electrons. The molecule has 0 bridgehead atoms. The van der Waals surface area contributed by atoms with Crippen LogP contribution >= 0.6 is 30.6 Å². The minimum absolute atomic E-state index is 0.798. The lowest BCUT2D eigenvalue weighted by Crippen LogP contribution is -2.20. The zero-order valence-electron chi connectivity index (χ0n) is 24.6.